The molecule has 1 heterocycles. The van der Waals surface area contributed by atoms with Crippen molar-refractivity contribution in [2.45, 2.75) is 0 Å². The number of carbonyl (C=O) groups is 1. The zero-order valence-corrected chi connectivity index (χ0v) is 11.3. The number of rotatable bonds is 3. The summed E-state index contributed by atoms with van der Waals surface area (Å²) < 4.78 is 1.90. The van der Waals surface area contributed by atoms with Gasteiger partial charge in [0.1, 0.15) is 0 Å². The molecule has 0 amide bonds. The topological polar surface area (TPSA) is 65.1 Å². The molecule has 0 saturated carbocycles. The predicted octanol–water partition coefficient (Wildman–Crippen LogP) is 3.32. The highest BCUT2D eigenvalue weighted by Crippen LogP contribution is 2.23. The summed E-state index contributed by atoms with van der Waals surface area (Å²) in [6.07, 6.45) is 1.79. The maximum atomic E-state index is 12.6. The Morgan fingerprint density at radius 3 is 2.43 bits per heavy atom. The number of nitro benzene ring substituents is 1. The Hall–Kier alpha value is -2.95. The molecule has 5 nitrogen and oxygen atoms in total. The summed E-state index contributed by atoms with van der Waals surface area (Å²) in [6.45, 7) is 0. The van der Waals surface area contributed by atoms with E-state index in [1.54, 1.807) is 6.20 Å². The molecular formula is C16H12N2O3. The van der Waals surface area contributed by atoms with Crippen LogP contribution in [0, 0.1) is 10.1 Å². The van der Waals surface area contributed by atoms with Crippen molar-refractivity contribution in [1.82, 2.24) is 4.57 Å². The van der Waals surface area contributed by atoms with E-state index in [2.05, 4.69) is 0 Å². The molecule has 0 saturated heterocycles. The number of nitro groups is 1. The average molecular weight is 280 g/mol. The number of hydrogen-bond donors (Lipinski definition) is 0. The van der Waals surface area contributed by atoms with Gasteiger partial charge in [0.15, 0.2) is 5.78 Å². The minimum atomic E-state index is -0.480. The normalized spacial score (nSPS) is 10.7. The van der Waals surface area contributed by atoms with E-state index in [0.717, 1.165) is 10.9 Å². The molecular weight excluding hydrogens is 268 g/mol. The highest BCUT2D eigenvalue weighted by atomic mass is 16.6. The first-order valence-electron chi connectivity index (χ1n) is 6.41. The SMILES string of the molecule is Cn1cc(C(=O)c2ccc([N+](=O)[O-])cc2)c2ccccc21. The summed E-state index contributed by atoms with van der Waals surface area (Å²) in [5, 5.41) is 11.5. The van der Waals surface area contributed by atoms with Gasteiger partial charge in [0, 0.05) is 47.4 Å². The van der Waals surface area contributed by atoms with Crippen LogP contribution in [0.2, 0.25) is 0 Å². The Kier molecular flexibility index (Phi) is 3.02. The fourth-order valence-electron chi connectivity index (χ4n) is 2.41. The summed E-state index contributed by atoms with van der Waals surface area (Å²) in [6, 6.07) is 13.3. The van der Waals surface area contributed by atoms with E-state index in [-0.39, 0.29) is 11.5 Å². The second kappa shape index (κ2) is 4.86. The number of carbonyl (C=O) groups excluding carboxylic acids is 1. The van der Waals surface area contributed by atoms with Gasteiger partial charge in [-0.3, -0.25) is 14.9 Å². The third kappa shape index (κ3) is 2.18. The Labute approximate surface area is 120 Å². The van der Waals surface area contributed by atoms with Gasteiger partial charge in [0.25, 0.3) is 5.69 Å². The molecule has 0 bridgehead atoms. The molecule has 0 unspecified atom stereocenters. The van der Waals surface area contributed by atoms with Crippen LogP contribution >= 0.6 is 0 Å². The number of hydrogen-bond acceptors (Lipinski definition) is 3. The van der Waals surface area contributed by atoms with Crippen LogP contribution in [-0.4, -0.2) is 15.3 Å². The number of fused-ring (bicyclic) bond motifs is 1. The highest BCUT2D eigenvalue weighted by molar-refractivity contribution is 6.16. The number of non-ortho nitro benzene ring substituents is 1. The number of aryl methyl sites for hydroxylation is 1. The van der Waals surface area contributed by atoms with Crippen LogP contribution in [0.4, 0.5) is 5.69 Å². The van der Waals surface area contributed by atoms with Gasteiger partial charge in [-0.15, -0.1) is 0 Å². The molecule has 104 valence electrons. The van der Waals surface area contributed by atoms with Gasteiger partial charge in [0.05, 0.1) is 4.92 Å². The number of aromatic nitrogens is 1. The monoisotopic (exact) mass is 280 g/mol. The lowest BCUT2D eigenvalue weighted by Gasteiger charge is -1.99. The largest absolute Gasteiger partial charge is 0.350 e. The third-order valence-electron chi connectivity index (χ3n) is 3.48. The zero-order valence-electron chi connectivity index (χ0n) is 11.3. The summed E-state index contributed by atoms with van der Waals surface area (Å²) in [5.74, 6) is -0.137. The molecule has 3 rings (SSSR count). The maximum Gasteiger partial charge on any atom is 0.269 e. The Morgan fingerprint density at radius 1 is 1.10 bits per heavy atom. The first-order valence-corrected chi connectivity index (χ1v) is 6.41. The van der Waals surface area contributed by atoms with Crippen molar-refractivity contribution in [2.75, 3.05) is 0 Å². The first-order chi connectivity index (χ1) is 10.1. The van der Waals surface area contributed by atoms with E-state index < -0.39 is 4.92 Å². The van der Waals surface area contributed by atoms with E-state index in [1.165, 1.54) is 24.3 Å². The van der Waals surface area contributed by atoms with Crippen molar-refractivity contribution in [2.24, 2.45) is 7.05 Å². The molecule has 0 aliphatic carbocycles. The lowest BCUT2D eigenvalue weighted by atomic mass is 10.0. The van der Waals surface area contributed by atoms with Crippen molar-refractivity contribution >= 4 is 22.4 Å². The number of ketones is 1. The van der Waals surface area contributed by atoms with Crippen LogP contribution in [0.5, 0.6) is 0 Å². The molecule has 0 spiro atoms. The molecule has 0 N–H and O–H groups in total. The molecule has 0 aliphatic heterocycles. The minimum absolute atomic E-state index is 0.0236. The van der Waals surface area contributed by atoms with Gasteiger partial charge in [-0.05, 0) is 18.2 Å². The summed E-state index contributed by atoms with van der Waals surface area (Å²) in [4.78, 5) is 22.7. The van der Waals surface area contributed by atoms with Crippen molar-refractivity contribution in [3.8, 4) is 0 Å². The van der Waals surface area contributed by atoms with Crippen LogP contribution < -0.4 is 0 Å². The summed E-state index contributed by atoms with van der Waals surface area (Å²) >= 11 is 0. The quantitative estimate of drug-likeness (QED) is 0.420. The van der Waals surface area contributed by atoms with Gasteiger partial charge in [-0.25, -0.2) is 0 Å². The van der Waals surface area contributed by atoms with Crippen molar-refractivity contribution in [3.05, 3.63) is 76.0 Å². The van der Waals surface area contributed by atoms with E-state index in [0.29, 0.717) is 11.1 Å². The third-order valence-corrected chi connectivity index (χ3v) is 3.48. The lowest BCUT2D eigenvalue weighted by Crippen LogP contribution is -2.00. The first kappa shape index (κ1) is 13.1. The van der Waals surface area contributed by atoms with E-state index in [1.807, 2.05) is 35.9 Å². The molecule has 2 aromatic carbocycles. The Bertz CT molecular complexity index is 848. The van der Waals surface area contributed by atoms with Gasteiger partial charge in [-0.1, -0.05) is 18.2 Å². The van der Waals surface area contributed by atoms with E-state index >= 15 is 0 Å². The lowest BCUT2D eigenvalue weighted by molar-refractivity contribution is -0.384. The molecule has 0 fully saturated rings. The van der Waals surface area contributed by atoms with Crippen LogP contribution in [0.15, 0.2) is 54.7 Å². The van der Waals surface area contributed by atoms with E-state index in [4.69, 9.17) is 0 Å². The van der Waals surface area contributed by atoms with Crippen molar-refractivity contribution < 1.29 is 9.72 Å². The van der Waals surface area contributed by atoms with Crippen LogP contribution in [0.1, 0.15) is 15.9 Å². The van der Waals surface area contributed by atoms with Crippen LogP contribution in [0.25, 0.3) is 10.9 Å². The van der Waals surface area contributed by atoms with Crippen LogP contribution in [-0.2, 0) is 7.05 Å². The molecule has 0 aliphatic rings. The predicted molar refractivity (Wildman–Crippen MR) is 79.4 cm³/mol. The second-order valence-electron chi connectivity index (χ2n) is 4.80. The molecule has 0 atom stereocenters. The molecule has 5 heteroatoms. The summed E-state index contributed by atoms with van der Waals surface area (Å²) in [7, 11) is 1.88. The molecule has 3 aromatic rings. The second-order valence-corrected chi connectivity index (χ2v) is 4.80. The molecule has 0 radical (unpaired) electrons. The van der Waals surface area contributed by atoms with Crippen molar-refractivity contribution in [3.63, 3.8) is 0 Å². The highest BCUT2D eigenvalue weighted by Gasteiger charge is 2.16. The van der Waals surface area contributed by atoms with E-state index in [9.17, 15) is 14.9 Å². The summed E-state index contributed by atoms with van der Waals surface area (Å²) in [5.41, 5.74) is 1.99. The van der Waals surface area contributed by atoms with Gasteiger partial charge in [-0.2, -0.15) is 0 Å². The van der Waals surface area contributed by atoms with Gasteiger partial charge >= 0.3 is 0 Å². The fourth-order valence-corrected chi connectivity index (χ4v) is 2.41. The Morgan fingerprint density at radius 2 is 1.76 bits per heavy atom. The van der Waals surface area contributed by atoms with Gasteiger partial charge < -0.3 is 4.57 Å². The molecule has 1 aromatic heterocycles. The Balaban J connectivity index is 2.06. The standard InChI is InChI=1S/C16H12N2O3/c1-17-10-14(13-4-2-3-5-15(13)17)16(19)11-6-8-12(9-7-11)18(20)21/h2-10H,1H3. The van der Waals surface area contributed by atoms with Crippen LogP contribution in [0.3, 0.4) is 0 Å². The minimum Gasteiger partial charge on any atom is -0.350 e. The smallest absolute Gasteiger partial charge is 0.269 e. The number of nitrogens with zero attached hydrogens (tertiary/aromatic N) is 2. The van der Waals surface area contributed by atoms with Gasteiger partial charge in [0.2, 0.25) is 0 Å². The fraction of sp³-hybridized carbons (Fsp3) is 0.0625. The number of para-hydroxylation sites is 1. The zero-order chi connectivity index (χ0) is 15.0. The molecule has 21 heavy (non-hydrogen) atoms. The van der Waals surface area contributed by atoms with Crippen molar-refractivity contribution in [1.29, 1.82) is 0 Å². The number of benzene rings is 2. The maximum absolute atomic E-state index is 12.6. The average Bonchev–Trinajstić information content (AvgIpc) is 2.84.